The van der Waals surface area contributed by atoms with Crippen LogP contribution in [-0.2, 0) is 19.1 Å². The first-order chi connectivity index (χ1) is 16.6. The molecule has 0 amide bonds. The molecule has 1 atom stereocenters. The van der Waals surface area contributed by atoms with Crippen molar-refractivity contribution in [3.05, 3.63) is 82.8 Å². The van der Waals surface area contributed by atoms with Gasteiger partial charge in [-0.1, -0.05) is 49.7 Å². The molecular weight excluding hydrogens is 430 g/mol. The summed E-state index contributed by atoms with van der Waals surface area (Å²) in [4.78, 5) is 29.7. The van der Waals surface area contributed by atoms with Crippen LogP contribution in [0.1, 0.15) is 56.6 Å². The Morgan fingerprint density at radius 2 is 1.91 bits per heavy atom. The van der Waals surface area contributed by atoms with Crippen molar-refractivity contribution in [1.82, 2.24) is 10.3 Å². The number of allylic oxidation sites excluding steroid dienone is 2. The van der Waals surface area contributed by atoms with Crippen LogP contribution in [0.4, 0.5) is 0 Å². The van der Waals surface area contributed by atoms with Crippen LogP contribution in [0, 0.1) is 11.3 Å². The lowest BCUT2D eigenvalue weighted by molar-refractivity contribution is -0.143. The first-order valence-corrected chi connectivity index (χ1v) is 11.5. The molecule has 1 aliphatic heterocycles. The fraction of sp³-hybridized carbons (Fsp3) is 0.333. The average Bonchev–Trinajstić information content (AvgIpc) is 2.87. The summed E-state index contributed by atoms with van der Waals surface area (Å²) in [5.74, 6) is -1.51. The second kappa shape index (κ2) is 12.4. The molecule has 34 heavy (non-hydrogen) atoms. The number of carbonyl (C=O) groups is 2. The molecule has 1 unspecified atom stereocenters. The number of hydrogen-bond acceptors (Lipinski definition) is 7. The monoisotopic (exact) mass is 459 g/mol. The van der Waals surface area contributed by atoms with E-state index in [1.165, 1.54) is 0 Å². The Hall–Kier alpha value is -3.92. The molecule has 176 valence electrons. The molecule has 2 heterocycles. The number of esters is 2. The van der Waals surface area contributed by atoms with Gasteiger partial charge < -0.3 is 14.8 Å². The summed E-state index contributed by atoms with van der Waals surface area (Å²) in [7, 11) is 0. The molecule has 0 aliphatic carbocycles. The second-order valence-corrected chi connectivity index (χ2v) is 7.80. The summed E-state index contributed by atoms with van der Waals surface area (Å²) in [6, 6.07) is 15.3. The number of nitrogens with zero attached hydrogens (tertiary/aromatic N) is 2. The molecule has 3 rings (SSSR count). The second-order valence-electron chi connectivity index (χ2n) is 7.80. The van der Waals surface area contributed by atoms with Gasteiger partial charge in [0.15, 0.2) is 0 Å². The van der Waals surface area contributed by atoms with Gasteiger partial charge in [-0.05, 0) is 37.0 Å². The van der Waals surface area contributed by atoms with Crippen molar-refractivity contribution in [2.45, 2.75) is 45.4 Å². The summed E-state index contributed by atoms with van der Waals surface area (Å²) in [5.41, 5.74) is 3.31. The first-order valence-electron chi connectivity index (χ1n) is 11.5. The van der Waals surface area contributed by atoms with E-state index in [1.807, 2.05) is 43.3 Å². The molecule has 1 aliphatic rings. The normalized spacial score (nSPS) is 15.4. The smallest absolute Gasteiger partial charge is 0.337 e. The number of unbranched alkanes of at least 4 members (excludes halogenated alkanes) is 1. The minimum atomic E-state index is -0.680. The van der Waals surface area contributed by atoms with Crippen molar-refractivity contribution >= 4 is 17.6 Å². The minimum absolute atomic E-state index is 0.119. The Kier molecular flexibility index (Phi) is 8.98. The van der Waals surface area contributed by atoms with Gasteiger partial charge in [0.05, 0.1) is 48.5 Å². The zero-order valence-electron chi connectivity index (χ0n) is 19.5. The van der Waals surface area contributed by atoms with E-state index in [0.29, 0.717) is 34.7 Å². The molecule has 0 bridgehead atoms. The molecule has 7 heteroatoms. The Balaban J connectivity index is 2.08. The SMILES string of the molecule is CCCCOC(=O)CCC1=C(C#N)C(c2cccnc2)C(C(=O)OCC)=C(c2ccccc2)N1. The number of rotatable bonds is 10. The predicted octanol–water partition coefficient (Wildman–Crippen LogP) is 4.64. The number of aromatic nitrogens is 1. The van der Waals surface area contributed by atoms with E-state index in [0.717, 1.165) is 18.4 Å². The number of nitrogens with one attached hydrogen (secondary N) is 1. The Morgan fingerprint density at radius 3 is 2.56 bits per heavy atom. The zero-order valence-corrected chi connectivity index (χ0v) is 19.5. The van der Waals surface area contributed by atoms with Crippen LogP contribution in [-0.4, -0.2) is 30.1 Å². The maximum absolute atomic E-state index is 13.2. The van der Waals surface area contributed by atoms with Gasteiger partial charge in [-0.15, -0.1) is 0 Å². The van der Waals surface area contributed by atoms with E-state index < -0.39 is 11.9 Å². The van der Waals surface area contributed by atoms with Crippen molar-refractivity contribution in [3.8, 4) is 6.07 Å². The molecule has 1 N–H and O–H groups in total. The third kappa shape index (κ3) is 5.90. The highest BCUT2D eigenvalue weighted by molar-refractivity contribution is 6.01. The molecule has 0 radical (unpaired) electrons. The maximum atomic E-state index is 13.2. The van der Waals surface area contributed by atoms with Gasteiger partial charge in [0.1, 0.15) is 0 Å². The highest BCUT2D eigenvalue weighted by atomic mass is 16.5. The molecular formula is C27H29N3O4. The van der Waals surface area contributed by atoms with Crippen LogP contribution >= 0.6 is 0 Å². The van der Waals surface area contributed by atoms with E-state index in [1.54, 1.807) is 25.4 Å². The van der Waals surface area contributed by atoms with Gasteiger partial charge in [-0.25, -0.2) is 4.79 Å². The van der Waals surface area contributed by atoms with E-state index in [2.05, 4.69) is 16.4 Å². The number of benzene rings is 1. The van der Waals surface area contributed by atoms with Crippen LogP contribution in [0.25, 0.3) is 5.70 Å². The van der Waals surface area contributed by atoms with Crippen LogP contribution in [0.3, 0.4) is 0 Å². The van der Waals surface area contributed by atoms with E-state index in [9.17, 15) is 14.9 Å². The zero-order chi connectivity index (χ0) is 24.3. The van der Waals surface area contributed by atoms with E-state index >= 15 is 0 Å². The lowest BCUT2D eigenvalue weighted by atomic mass is 9.79. The number of pyridine rings is 1. The lowest BCUT2D eigenvalue weighted by Gasteiger charge is -2.31. The molecule has 7 nitrogen and oxygen atoms in total. The van der Waals surface area contributed by atoms with Gasteiger partial charge in [-0.2, -0.15) is 5.26 Å². The predicted molar refractivity (Wildman–Crippen MR) is 128 cm³/mol. The van der Waals surface area contributed by atoms with Crippen molar-refractivity contribution in [3.63, 3.8) is 0 Å². The van der Waals surface area contributed by atoms with E-state index in [4.69, 9.17) is 9.47 Å². The standard InChI is InChI=1S/C27H29N3O4/c1-3-5-16-34-23(31)14-13-22-21(17-28)24(20-12-9-15-29-18-20)25(27(32)33-4-2)26(30-22)19-10-7-6-8-11-19/h6-12,15,18,24,30H,3-5,13-14,16H2,1-2H3. The number of hydrogen-bond donors (Lipinski definition) is 1. The topological polar surface area (TPSA) is 101 Å². The largest absolute Gasteiger partial charge is 0.466 e. The Morgan fingerprint density at radius 1 is 1.12 bits per heavy atom. The third-order valence-corrected chi connectivity index (χ3v) is 5.48. The fourth-order valence-electron chi connectivity index (χ4n) is 3.85. The lowest BCUT2D eigenvalue weighted by Crippen LogP contribution is -2.30. The third-order valence-electron chi connectivity index (χ3n) is 5.48. The number of nitriles is 1. The summed E-state index contributed by atoms with van der Waals surface area (Å²) < 4.78 is 10.7. The molecule has 0 fully saturated rings. The summed E-state index contributed by atoms with van der Waals surface area (Å²) in [5, 5.41) is 13.4. The van der Waals surface area contributed by atoms with E-state index in [-0.39, 0.29) is 25.4 Å². The Labute approximate surface area is 200 Å². The van der Waals surface area contributed by atoms with Gasteiger partial charge in [0.2, 0.25) is 0 Å². The van der Waals surface area contributed by atoms with Gasteiger partial charge in [0, 0.05) is 18.1 Å². The van der Waals surface area contributed by atoms with Crippen LogP contribution in [0.2, 0.25) is 0 Å². The molecule has 0 saturated heterocycles. The molecule has 0 spiro atoms. The van der Waals surface area contributed by atoms with Gasteiger partial charge >= 0.3 is 11.9 Å². The van der Waals surface area contributed by atoms with Crippen LogP contribution < -0.4 is 5.32 Å². The van der Waals surface area contributed by atoms with Crippen molar-refractivity contribution < 1.29 is 19.1 Å². The van der Waals surface area contributed by atoms with Crippen molar-refractivity contribution in [2.75, 3.05) is 13.2 Å². The molecule has 2 aromatic rings. The average molecular weight is 460 g/mol. The number of ether oxygens (including phenoxy) is 2. The van der Waals surface area contributed by atoms with Crippen molar-refractivity contribution in [2.24, 2.45) is 0 Å². The minimum Gasteiger partial charge on any atom is -0.466 e. The number of carbonyl (C=O) groups excluding carboxylic acids is 2. The molecule has 1 aromatic heterocycles. The highest BCUT2D eigenvalue weighted by Crippen LogP contribution is 2.41. The Bertz CT molecular complexity index is 1100. The molecule has 1 aromatic carbocycles. The van der Waals surface area contributed by atoms with Crippen LogP contribution in [0.15, 0.2) is 71.7 Å². The molecule has 0 saturated carbocycles. The summed E-state index contributed by atoms with van der Waals surface area (Å²) >= 11 is 0. The highest BCUT2D eigenvalue weighted by Gasteiger charge is 2.37. The fourth-order valence-corrected chi connectivity index (χ4v) is 3.85. The van der Waals surface area contributed by atoms with Gasteiger partial charge in [0.25, 0.3) is 0 Å². The summed E-state index contributed by atoms with van der Waals surface area (Å²) in [6.45, 7) is 4.35. The van der Waals surface area contributed by atoms with Gasteiger partial charge in [-0.3, -0.25) is 9.78 Å². The van der Waals surface area contributed by atoms with Crippen molar-refractivity contribution in [1.29, 1.82) is 5.26 Å². The quantitative estimate of drug-likeness (QED) is 0.408. The summed E-state index contributed by atoms with van der Waals surface area (Å²) in [6.07, 6.45) is 5.42. The maximum Gasteiger partial charge on any atom is 0.337 e. The number of dihydropyridines is 1. The first kappa shape index (κ1) is 24.7. The van der Waals surface area contributed by atoms with Crippen LogP contribution in [0.5, 0.6) is 0 Å².